The molecular weight excluding hydrogens is 214 g/mol. The Kier molecular flexibility index (Phi) is 6.33. The molecule has 0 atom stereocenters. The van der Waals surface area contributed by atoms with Crippen LogP contribution in [0.5, 0.6) is 5.75 Å². The van der Waals surface area contributed by atoms with Crippen molar-refractivity contribution < 1.29 is 9.53 Å². The first kappa shape index (κ1) is 13.7. The molecule has 1 rings (SSSR count). The minimum atomic E-state index is 0.225. The second-order valence-corrected chi connectivity index (χ2v) is 4.05. The molecule has 94 valence electrons. The summed E-state index contributed by atoms with van der Waals surface area (Å²) in [6.45, 7) is 6.18. The van der Waals surface area contributed by atoms with E-state index in [0.29, 0.717) is 13.0 Å². The monoisotopic (exact) mass is 235 g/mol. The lowest BCUT2D eigenvalue weighted by Crippen LogP contribution is -2.20. The third-order valence-electron chi connectivity index (χ3n) is 2.46. The van der Waals surface area contributed by atoms with E-state index < -0.39 is 0 Å². The summed E-state index contributed by atoms with van der Waals surface area (Å²) < 4.78 is 5.61. The number of aryl methyl sites for hydroxylation is 1. The molecule has 1 aromatic rings. The molecule has 0 saturated heterocycles. The molecule has 0 aliphatic rings. The highest BCUT2D eigenvalue weighted by Crippen LogP contribution is 2.14. The van der Waals surface area contributed by atoms with E-state index in [9.17, 15) is 4.79 Å². The Morgan fingerprint density at radius 1 is 1.41 bits per heavy atom. The van der Waals surface area contributed by atoms with Gasteiger partial charge in [0.2, 0.25) is 0 Å². The lowest BCUT2D eigenvalue weighted by Gasteiger charge is -2.08. The van der Waals surface area contributed by atoms with Gasteiger partial charge in [-0.3, -0.25) is 0 Å². The van der Waals surface area contributed by atoms with Crippen molar-refractivity contribution in [2.24, 2.45) is 0 Å². The van der Waals surface area contributed by atoms with Gasteiger partial charge in [0, 0.05) is 13.0 Å². The standard InChI is InChI=1S/C14H21NO2/c1-3-15-9-10-17-14-6-4-5-13(11-14)8-7-12(2)16/h4-6,11,15H,3,7-10H2,1-2H3. The van der Waals surface area contributed by atoms with Crippen LogP contribution in [-0.4, -0.2) is 25.5 Å². The number of rotatable bonds is 8. The van der Waals surface area contributed by atoms with Crippen LogP contribution in [0.2, 0.25) is 0 Å². The number of likely N-dealkylation sites (N-methyl/N-ethyl adjacent to an activating group) is 1. The van der Waals surface area contributed by atoms with Crippen molar-refractivity contribution in [2.75, 3.05) is 19.7 Å². The number of ketones is 1. The molecule has 0 aliphatic carbocycles. The van der Waals surface area contributed by atoms with Gasteiger partial charge in [0.1, 0.15) is 18.1 Å². The smallest absolute Gasteiger partial charge is 0.130 e. The maximum Gasteiger partial charge on any atom is 0.130 e. The van der Waals surface area contributed by atoms with Crippen molar-refractivity contribution in [3.8, 4) is 5.75 Å². The van der Waals surface area contributed by atoms with E-state index in [2.05, 4.69) is 12.2 Å². The van der Waals surface area contributed by atoms with Gasteiger partial charge < -0.3 is 14.8 Å². The largest absolute Gasteiger partial charge is 0.492 e. The zero-order valence-corrected chi connectivity index (χ0v) is 10.7. The molecule has 0 saturated carbocycles. The van der Waals surface area contributed by atoms with Crippen LogP contribution in [-0.2, 0) is 11.2 Å². The van der Waals surface area contributed by atoms with Gasteiger partial charge in [0.05, 0.1) is 0 Å². The highest BCUT2D eigenvalue weighted by atomic mass is 16.5. The van der Waals surface area contributed by atoms with Gasteiger partial charge in [-0.15, -0.1) is 0 Å². The van der Waals surface area contributed by atoms with Crippen molar-refractivity contribution in [3.05, 3.63) is 29.8 Å². The fourth-order valence-corrected chi connectivity index (χ4v) is 1.53. The average molecular weight is 235 g/mol. The van der Waals surface area contributed by atoms with Gasteiger partial charge in [-0.2, -0.15) is 0 Å². The first-order chi connectivity index (χ1) is 8.22. The Hall–Kier alpha value is -1.35. The Morgan fingerprint density at radius 3 is 2.94 bits per heavy atom. The predicted molar refractivity (Wildman–Crippen MR) is 69.5 cm³/mol. The summed E-state index contributed by atoms with van der Waals surface area (Å²) in [6.07, 6.45) is 1.39. The van der Waals surface area contributed by atoms with Crippen molar-refractivity contribution >= 4 is 5.78 Å². The zero-order valence-electron chi connectivity index (χ0n) is 10.7. The highest BCUT2D eigenvalue weighted by Gasteiger charge is 1.99. The Bertz CT molecular complexity index is 350. The van der Waals surface area contributed by atoms with Crippen LogP contribution in [0.15, 0.2) is 24.3 Å². The first-order valence-electron chi connectivity index (χ1n) is 6.14. The van der Waals surface area contributed by atoms with Gasteiger partial charge in [-0.05, 0) is 37.6 Å². The molecule has 1 N–H and O–H groups in total. The predicted octanol–water partition coefficient (Wildman–Crippen LogP) is 2.20. The first-order valence-corrected chi connectivity index (χ1v) is 6.14. The number of hydrogen-bond acceptors (Lipinski definition) is 3. The van der Waals surface area contributed by atoms with Crippen LogP contribution in [0, 0.1) is 0 Å². The Labute approximate surface area is 103 Å². The fraction of sp³-hybridized carbons (Fsp3) is 0.500. The molecule has 17 heavy (non-hydrogen) atoms. The van der Waals surface area contributed by atoms with E-state index in [4.69, 9.17) is 4.74 Å². The van der Waals surface area contributed by atoms with Crippen LogP contribution in [0.3, 0.4) is 0 Å². The second-order valence-electron chi connectivity index (χ2n) is 4.05. The third-order valence-corrected chi connectivity index (χ3v) is 2.46. The van der Waals surface area contributed by atoms with Gasteiger partial charge >= 0.3 is 0 Å². The van der Waals surface area contributed by atoms with E-state index in [1.165, 1.54) is 0 Å². The molecule has 0 fully saturated rings. The van der Waals surface area contributed by atoms with Crippen molar-refractivity contribution in [1.29, 1.82) is 0 Å². The van der Waals surface area contributed by atoms with E-state index >= 15 is 0 Å². The van der Waals surface area contributed by atoms with E-state index in [1.54, 1.807) is 6.92 Å². The summed E-state index contributed by atoms with van der Waals surface area (Å²) >= 11 is 0. The number of Topliss-reactive ketones (excluding diaryl/α,β-unsaturated/α-hetero) is 1. The highest BCUT2D eigenvalue weighted by molar-refractivity contribution is 5.75. The number of benzene rings is 1. The molecule has 3 heteroatoms. The summed E-state index contributed by atoms with van der Waals surface area (Å²) in [5, 5.41) is 3.20. The number of carbonyl (C=O) groups is 1. The number of ether oxygens (including phenoxy) is 1. The second kappa shape index (κ2) is 7.85. The number of hydrogen-bond donors (Lipinski definition) is 1. The van der Waals surface area contributed by atoms with Crippen molar-refractivity contribution in [2.45, 2.75) is 26.7 Å². The zero-order chi connectivity index (χ0) is 12.5. The number of nitrogens with one attached hydrogen (secondary N) is 1. The van der Waals surface area contributed by atoms with Crippen LogP contribution < -0.4 is 10.1 Å². The molecule has 0 heterocycles. The number of carbonyl (C=O) groups excluding carboxylic acids is 1. The fourth-order valence-electron chi connectivity index (χ4n) is 1.53. The molecule has 0 unspecified atom stereocenters. The molecule has 0 aliphatic heterocycles. The molecule has 3 nitrogen and oxygen atoms in total. The maximum absolute atomic E-state index is 10.9. The van der Waals surface area contributed by atoms with Crippen LogP contribution in [0.25, 0.3) is 0 Å². The molecule has 0 aromatic heterocycles. The molecular formula is C14H21NO2. The summed E-state index contributed by atoms with van der Waals surface area (Å²) in [5.41, 5.74) is 1.15. The minimum absolute atomic E-state index is 0.225. The SMILES string of the molecule is CCNCCOc1cccc(CCC(C)=O)c1. The van der Waals surface area contributed by atoms with Gasteiger partial charge in [-0.25, -0.2) is 0 Å². The summed E-state index contributed by atoms with van der Waals surface area (Å²) in [5.74, 6) is 1.10. The summed E-state index contributed by atoms with van der Waals surface area (Å²) in [6, 6.07) is 7.95. The molecule has 0 radical (unpaired) electrons. The Morgan fingerprint density at radius 2 is 2.24 bits per heavy atom. The molecule has 0 amide bonds. The van der Waals surface area contributed by atoms with E-state index in [-0.39, 0.29) is 5.78 Å². The topological polar surface area (TPSA) is 38.3 Å². The third kappa shape index (κ3) is 6.07. The molecule has 0 spiro atoms. The molecule has 1 aromatic carbocycles. The van der Waals surface area contributed by atoms with Gasteiger partial charge in [0.15, 0.2) is 0 Å². The lowest BCUT2D eigenvalue weighted by atomic mass is 10.1. The maximum atomic E-state index is 10.9. The summed E-state index contributed by atoms with van der Waals surface area (Å²) in [7, 11) is 0. The van der Waals surface area contributed by atoms with Crippen LogP contribution in [0.1, 0.15) is 25.8 Å². The van der Waals surface area contributed by atoms with Crippen LogP contribution >= 0.6 is 0 Å². The van der Waals surface area contributed by atoms with Crippen molar-refractivity contribution in [1.82, 2.24) is 5.32 Å². The summed E-state index contributed by atoms with van der Waals surface area (Å²) in [4.78, 5) is 10.9. The van der Waals surface area contributed by atoms with E-state index in [0.717, 1.165) is 30.8 Å². The van der Waals surface area contributed by atoms with Crippen molar-refractivity contribution in [3.63, 3.8) is 0 Å². The quantitative estimate of drug-likeness (QED) is 0.702. The van der Waals surface area contributed by atoms with E-state index in [1.807, 2.05) is 24.3 Å². The van der Waals surface area contributed by atoms with Crippen LogP contribution in [0.4, 0.5) is 0 Å². The van der Waals surface area contributed by atoms with Gasteiger partial charge in [0.25, 0.3) is 0 Å². The normalized spacial score (nSPS) is 10.2. The average Bonchev–Trinajstić information content (AvgIpc) is 2.33. The minimum Gasteiger partial charge on any atom is -0.492 e. The van der Waals surface area contributed by atoms with Gasteiger partial charge in [-0.1, -0.05) is 19.1 Å². The molecule has 0 bridgehead atoms. The lowest BCUT2D eigenvalue weighted by molar-refractivity contribution is -0.116. The Balaban J connectivity index is 2.39.